The van der Waals surface area contributed by atoms with E-state index in [1.165, 1.54) is 6.42 Å². The Bertz CT molecular complexity index is 159. The van der Waals surface area contributed by atoms with Crippen LogP contribution in [0.3, 0.4) is 0 Å². The lowest BCUT2D eigenvalue weighted by Gasteiger charge is -2.28. The molecule has 1 aliphatic heterocycles. The summed E-state index contributed by atoms with van der Waals surface area (Å²) in [5.74, 6) is 0. The van der Waals surface area contributed by atoms with Gasteiger partial charge in [0, 0.05) is 6.04 Å². The van der Waals surface area contributed by atoms with Gasteiger partial charge >= 0.3 is 0 Å². The molecule has 4 nitrogen and oxygen atoms in total. The third kappa shape index (κ3) is 3.18. The van der Waals surface area contributed by atoms with Gasteiger partial charge in [-0.3, -0.25) is 4.18 Å². The summed E-state index contributed by atoms with van der Waals surface area (Å²) in [5, 5.41) is 3.23. The highest BCUT2D eigenvalue weighted by atomic mass is 32.2. The Morgan fingerprint density at radius 2 is 2.42 bits per heavy atom. The number of hydrogen-bond donors (Lipinski definition) is 1. The number of hydrogen-bond acceptors (Lipinski definition) is 4. The van der Waals surface area contributed by atoms with Gasteiger partial charge in [-0.15, -0.1) is 0 Å². The van der Waals surface area contributed by atoms with Crippen LogP contribution >= 0.6 is 0 Å². The van der Waals surface area contributed by atoms with Gasteiger partial charge in [0.05, 0.1) is 17.5 Å². The predicted molar refractivity (Wildman–Crippen MR) is 45.1 cm³/mol. The first-order valence-electron chi connectivity index (χ1n) is 4.20. The average molecular weight is 192 g/mol. The molecule has 1 rings (SSSR count). The van der Waals surface area contributed by atoms with Crippen LogP contribution in [-0.4, -0.2) is 27.5 Å². The summed E-state index contributed by atoms with van der Waals surface area (Å²) in [6.45, 7) is 2.74. The van der Waals surface area contributed by atoms with Crippen molar-refractivity contribution in [2.45, 2.75) is 38.3 Å². The third-order valence-electron chi connectivity index (χ3n) is 2.15. The van der Waals surface area contributed by atoms with Crippen molar-refractivity contribution in [1.82, 2.24) is 5.32 Å². The molecule has 0 bridgehead atoms. The van der Waals surface area contributed by atoms with Gasteiger partial charge in [0.2, 0.25) is 0 Å². The van der Waals surface area contributed by atoms with Crippen LogP contribution in [0.4, 0.5) is 0 Å². The molecular weight excluding hydrogens is 178 g/mol. The van der Waals surface area contributed by atoms with Gasteiger partial charge in [0.25, 0.3) is 0 Å². The second-order valence-electron chi connectivity index (χ2n) is 3.06. The van der Waals surface area contributed by atoms with E-state index >= 15 is 0 Å². The van der Waals surface area contributed by atoms with Crippen molar-refractivity contribution < 1.29 is 12.9 Å². The molecule has 1 aliphatic rings. The molecule has 0 aromatic carbocycles. The van der Waals surface area contributed by atoms with E-state index in [2.05, 4.69) is 9.50 Å². The molecule has 1 saturated heterocycles. The quantitative estimate of drug-likeness (QED) is 0.654. The first-order valence-corrected chi connectivity index (χ1v) is 5.20. The van der Waals surface area contributed by atoms with Gasteiger partial charge in [0.1, 0.15) is 0 Å². The van der Waals surface area contributed by atoms with Crippen LogP contribution in [0.1, 0.15) is 26.2 Å². The van der Waals surface area contributed by atoms with Crippen molar-refractivity contribution in [3.05, 3.63) is 0 Å². The normalized spacial score (nSPS) is 29.7. The van der Waals surface area contributed by atoms with Crippen LogP contribution in [0.2, 0.25) is 0 Å². The van der Waals surface area contributed by atoms with E-state index in [1.54, 1.807) is 6.92 Å². The van der Waals surface area contributed by atoms with Crippen LogP contribution in [0, 0.1) is 0 Å². The van der Waals surface area contributed by atoms with E-state index in [0.717, 1.165) is 19.4 Å². The Morgan fingerprint density at radius 1 is 1.67 bits per heavy atom. The summed E-state index contributed by atoms with van der Waals surface area (Å²) in [7, 11) is 0. The zero-order valence-electron chi connectivity index (χ0n) is 7.12. The minimum atomic E-state index is -2.39. The summed E-state index contributed by atoms with van der Waals surface area (Å²) in [6, 6.07) is 0.191. The third-order valence-corrected chi connectivity index (χ3v) is 2.61. The van der Waals surface area contributed by atoms with Crippen molar-refractivity contribution in [2.75, 3.05) is 6.54 Å². The standard InChI is InChI=1S/C7H15NO3S/c1-6(11-12(9)10)7-4-2-3-5-8-7/h6-8H,2-5H2,1H3,(H,9,10)/p-1. The van der Waals surface area contributed by atoms with Crippen molar-refractivity contribution in [2.24, 2.45) is 0 Å². The summed E-state index contributed by atoms with van der Waals surface area (Å²) in [4.78, 5) is 0. The van der Waals surface area contributed by atoms with E-state index < -0.39 is 11.4 Å². The van der Waals surface area contributed by atoms with Gasteiger partial charge in [0.15, 0.2) is 0 Å². The highest BCUT2D eigenvalue weighted by molar-refractivity contribution is 7.74. The highest BCUT2D eigenvalue weighted by Crippen LogP contribution is 2.12. The number of rotatable bonds is 3. The molecule has 12 heavy (non-hydrogen) atoms. The van der Waals surface area contributed by atoms with Crippen molar-refractivity contribution in [3.8, 4) is 0 Å². The Balaban J connectivity index is 2.29. The molecule has 1 N–H and O–H groups in total. The Labute approximate surface area is 75.2 Å². The molecular formula is C7H14NO3S-. The molecule has 1 heterocycles. The maximum absolute atomic E-state index is 10.2. The molecule has 0 amide bonds. The highest BCUT2D eigenvalue weighted by Gasteiger charge is 2.19. The number of nitrogens with one attached hydrogen (secondary N) is 1. The van der Waals surface area contributed by atoms with E-state index in [9.17, 15) is 8.76 Å². The lowest BCUT2D eigenvalue weighted by Crippen LogP contribution is -2.43. The zero-order valence-corrected chi connectivity index (χ0v) is 7.93. The van der Waals surface area contributed by atoms with Gasteiger partial charge < -0.3 is 9.87 Å². The molecule has 5 heteroatoms. The monoisotopic (exact) mass is 192 g/mol. The molecule has 0 aromatic heterocycles. The lowest BCUT2D eigenvalue weighted by molar-refractivity contribution is 0.154. The summed E-state index contributed by atoms with van der Waals surface area (Å²) >= 11 is -2.39. The smallest absolute Gasteiger partial charge is 0.0861 e. The van der Waals surface area contributed by atoms with E-state index in [1.807, 2.05) is 0 Å². The molecule has 3 atom stereocenters. The summed E-state index contributed by atoms with van der Waals surface area (Å²) in [6.07, 6.45) is 3.07. The fourth-order valence-electron chi connectivity index (χ4n) is 1.47. The molecule has 0 aliphatic carbocycles. The predicted octanol–water partition coefficient (Wildman–Crippen LogP) is 0.328. The minimum Gasteiger partial charge on any atom is -0.750 e. The van der Waals surface area contributed by atoms with Gasteiger partial charge in [-0.25, -0.2) is 4.21 Å². The van der Waals surface area contributed by atoms with Crippen LogP contribution in [-0.2, 0) is 15.5 Å². The fourth-order valence-corrected chi connectivity index (χ4v) is 1.85. The fraction of sp³-hybridized carbons (Fsp3) is 1.00. The Morgan fingerprint density at radius 3 is 2.92 bits per heavy atom. The minimum absolute atomic E-state index is 0.191. The molecule has 0 aromatic rings. The summed E-state index contributed by atoms with van der Waals surface area (Å²) < 4.78 is 25.0. The van der Waals surface area contributed by atoms with Crippen LogP contribution in [0.25, 0.3) is 0 Å². The average Bonchev–Trinajstić information content (AvgIpc) is 2.05. The van der Waals surface area contributed by atoms with Crippen molar-refractivity contribution in [1.29, 1.82) is 0 Å². The van der Waals surface area contributed by atoms with Crippen LogP contribution < -0.4 is 5.32 Å². The largest absolute Gasteiger partial charge is 0.750 e. The second-order valence-corrected chi connectivity index (χ2v) is 3.66. The first-order chi connectivity index (χ1) is 5.70. The van der Waals surface area contributed by atoms with E-state index in [4.69, 9.17) is 0 Å². The molecule has 1 fully saturated rings. The zero-order chi connectivity index (χ0) is 8.97. The van der Waals surface area contributed by atoms with Crippen LogP contribution in [0.5, 0.6) is 0 Å². The molecule has 0 spiro atoms. The van der Waals surface area contributed by atoms with Crippen molar-refractivity contribution in [3.63, 3.8) is 0 Å². The number of piperidine rings is 1. The maximum atomic E-state index is 10.2. The Kier molecular flexibility index (Phi) is 4.14. The van der Waals surface area contributed by atoms with Crippen LogP contribution in [0.15, 0.2) is 0 Å². The lowest BCUT2D eigenvalue weighted by atomic mass is 10.0. The Hall–Kier alpha value is 0.0300. The molecule has 72 valence electrons. The van der Waals surface area contributed by atoms with E-state index in [0.29, 0.717) is 0 Å². The van der Waals surface area contributed by atoms with Gasteiger partial charge in [-0.2, -0.15) is 0 Å². The first kappa shape index (κ1) is 10.1. The SMILES string of the molecule is CC(OS(=O)[O-])C1CCCCN1. The molecule has 0 saturated carbocycles. The van der Waals surface area contributed by atoms with Gasteiger partial charge in [-0.05, 0) is 26.3 Å². The molecule has 0 radical (unpaired) electrons. The van der Waals surface area contributed by atoms with Gasteiger partial charge in [-0.1, -0.05) is 6.42 Å². The maximum Gasteiger partial charge on any atom is 0.0861 e. The van der Waals surface area contributed by atoms with E-state index in [-0.39, 0.29) is 12.1 Å². The molecule has 3 unspecified atom stereocenters. The second kappa shape index (κ2) is 4.91. The summed E-state index contributed by atoms with van der Waals surface area (Å²) in [5.41, 5.74) is 0. The topological polar surface area (TPSA) is 61.4 Å². The van der Waals surface area contributed by atoms with Crippen molar-refractivity contribution >= 4 is 11.4 Å².